The average molecular weight is 344 g/mol. The molecule has 4 aliphatic rings. The van der Waals surface area contributed by atoms with Crippen LogP contribution in [0.1, 0.15) is 30.4 Å². The van der Waals surface area contributed by atoms with Crippen molar-refractivity contribution in [1.29, 1.82) is 0 Å². The molecule has 1 spiro atoms. The van der Waals surface area contributed by atoms with Crippen LogP contribution >= 0.6 is 0 Å². The zero-order chi connectivity index (χ0) is 14.4. The smallest absolute Gasteiger partial charge is 1.00 e. The van der Waals surface area contributed by atoms with E-state index < -0.39 is 0 Å². The van der Waals surface area contributed by atoms with E-state index in [0.717, 1.165) is 31.4 Å². The van der Waals surface area contributed by atoms with E-state index in [9.17, 15) is 9.90 Å². The van der Waals surface area contributed by atoms with Gasteiger partial charge in [0.1, 0.15) is 0 Å². The number of phenols is 1. The Morgan fingerprint density at radius 3 is 2.96 bits per heavy atom. The topological polar surface area (TPSA) is 49.8 Å². The van der Waals surface area contributed by atoms with E-state index in [0.29, 0.717) is 24.1 Å². The molecule has 118 valence electrons. The Morgan fingerprint density at radius 2 is 2.17 bits per heavy atom. The number of hydrogen-bond acceptors (Lipinski definition) is 4. The molecule has 1 saturated heterocycles. The number of carbonyl (C=O) groups excluding carboxylic acids is 1. The van der Waals surface area contributed by atoms with Gasteiger partial charge in [-0.05, 0) is 50.4 Å². The Morgan fingerprint density at radius 1 is 1.39 bits per heavy atom. The summed E-state index contributed by atoms with van der Waals surface area (Å²) in [5.74, 6) is 1.50. The third kappa shape index (κ3) is 1.96. The van der Waals surface area contributed by atoms with Crippen LogP contribution in [-0.2, 0) is 16.6 Å². The van der Waals surface area contributed by atoms with Crippen LogP contribution in [0.4, 0.5) is 0 Å². The second-order valence-corrected chi connectivity index (χ2v) is 7.10. The van der Waals surface area contributed by atoms with Crippen LogP contribution < -0.4 is 46.7 Å². The van der Waals surface area contributed by atoms with Crippen molar-refractivity contribution in [2.75, 3.05) is 13.6 Å². The van der Waals surface area contributed by atoms with Crippen LogP contribution in [0.5, 0.6) is 11.5 Å². The van der Waals surface area contributed by atoms with E-state index in [1.807, 2.05) is 6.07 Å². The van der Waals surface area contributed by atoms with Crippen molar-refractivity contribution < 1.29 is 56.6 Å². The summed E-state index contributed by atoms with van der Waals surface area (Å²) >= 11 is 0. The van der Waals surface area contributed by atoms with E-state index in [2.05, 4.69) is 11.9 Å². The molecule has 23 heavy (non-hydrogen) atoms. The Kier molecular flexibility index (Phi) is 4.30. The van der Waals surface area contributed by atoms with Crippen molar-refractivity contribution in [2.24, 2.45) is 5.92 Å². The van der Waals surface area contributed by atoms with E-state index >= 15 is 0 Å². The molecule has 6 heteroatoms. The second kappa shape index (κ2) is 5.63. The largest absolute Gasteiger partial charge is 1.00 e. The number of carbonyl (C=O) groups is 1. The van der Waals surface area contributed by atoms with Gasteiger partial charge in [0.15, 0.2) is 23.4 Å². The number of likely N-dealkylation sites (N-methyl/N-ethyl adjacent to an activating group) is 1. The summed E-state index contributed by atoms with van der Waals surface area (Å²) in [5.41, 5.74) is 2.26. The predicted molar refractivity (Wildman–Crippen MR) is 76.7 cm³/mol. The Hall–Kier alpha value is -0.260. The maximum atomic E-state index is 12.5. The number of phenolic OH excluding ortho intramolecular Hbond substituents is 1. The maximum absolute atomic E-state index is 12.5. The number of benzene rings is 1. The molecule has 2 fully saturated rings. The van der Waals surface area contributed by atoms with Crippen LogP contribution in [0, 0.1) is 5.92 Å². The quantitative estimate of drug-likeness (QED) is 0.484. The third-order valence-electron chi connectivity index (χ3n) is 6.39. The van der Waals surface area contributed by atoms with Gasteiger partial charge >= 0.3 is 29.6 Å². The first kappa shape index (κ1) is 17.6. The minimum absolute atomic E-state index is 0. The average Bonchev–Trinajstić information content (AvgIpc) is 2.83. The fraction of sp³-hybridized carbons (Fsp3) is 0.588. The Balaban J connectivity index is 0.000000781. The fourth-order valence-electron chi connectivity index (χ4n) is 5.52. The summed E-state index contributed by atoms with van der Waals surface area (Å²) < 4.78 is 6.04. The molecule has 4 atom stereocenters. The molecule has 0 unspecified atom stereocenters. The van der Waals surface area contributed by atoms with Gasteiger partial charge in [-0.15, -0.1) is 0 Å². The van der Waals surface area contributed by atoms with Crippen LogP contribution in [-0.4, -0.2) is 41.5 Å². The molecule has 2 bridgehead atoms. The number of likely N-dealkylation sites (tertiary alicyclic amines) is 1. The number of piperidine rings is 1. The molecule has 2 aliphatic carbocycles. The van der Waals surface area contributed by atoms with Crippen LogP contribution in [0.3, 0.4) is 0 Å². The summed E-state index contributed by atoms with van der Waals surface area (Å²) in [7, 11) is 2.20. The number of aromatic hydroxyl groups is 1. The van der Waals surface area contributed by atoms with Crippen molar-refractivity contribution in [3.63, 3.8) is 0 Å². The van der Waals surface area contributed by atoms with Crippen molar-refractivity contribution in [3.8, 4) is 11.5 Å². The number of halogens is 1. The number of nitrogens with zero attached hydrogens (tertiary/aromatic N) is 1. The molecular weight excluding hydrogens is 325 g/mol. The molecular formula is C17H19ClNNaO3. The summed E-state index contributed by atoms with van der Waals surface area (Å²) in [6.45, 7) is 1.00. The van der Waals surface area contributed by atoms with Crippen molar-refractivity contribution >= 4 is 5.78 Å². The van der Waals surface area contributed by atoms with Crippen molar-refractivity contribution in [2.45, 2.75) is 43.2 Å². The van der Waals surface area contributed by atoms with Gasteiger partial charge in [0.2, 0.25) is 0 Å². The monoisotopic (exact) mass is 343 g/mol. The van der Waals surface area contributed by atoms with E-state index in [-0.39, 0.29) is 65.0 Å². The van der Waals surface area contributed by atoms with Gasteiger partial charge in [-0.1, -0.05) is 6.07 Å². The summed E-state index contributed by atoms with van der Waals surface area (Å²) in [6, 6.07) is 4.26. The van der Waals surface area contributed by atoms with Gasteiger partial charge in [0, 0.05) is 23.4 Å². The van der Waals surface area contributed by atoms with Gasteiger partial charge in [0.05, 0.1) is 0 Å². The van der Waals surface area contributed by atoms with Gasteiger partial charge in [-0.2, -0.15) is 0 Å². The molecule has 2 heterocycles. The maximum Gasteiger partial charge on any atom is 1.00 e. The first-order valence-corrected chi connectivity index (χ1v) is 7.88. The van der Waals surface area contributed by atoms with Gasteiger partial charge < -0.3 is 27.2 Å². The molecule has 0 radical (unpaired) electrons. The van der Waals surface area contributed by atoms with Crippen molar-refractivity contribution in [1.82, 2.24) is 4.90 Å². The zero-order valence-corrected chi connectivity index (χ0v) is 16.3. The van der Waals surface area contributed by atoms with Crippen LogP contribution in [0.25, 0.3) is 0 Å². The number of Topliss-reactive ketones (excluding diaryl/α,β-unsaturated/α-hetero) is 1. The first-order chi connectivity index (χ1) is 10.1. The molecule has 2 aliphatic heterocycles. The molecule has 1 aromatic carbocycles. The molecule has 4 nitrogen and oxygen atoms in total. The normalized spacial score (nSPS) is 36.4. The minimum atomic E-state index is -0.366. The Labute approximate surface area is 164 Å². The van der Waals surface area contributed by atoms with Gasteiger partial charge in [-0.3, -0.25) is 4.79 Å². The van der Waals surface area contributed by atoms with Crippen molar-refractivity contribution in [3.05, 3.63) is 23.3 Å². The number of ketones is 1. The fourth-order valence-corrected chi connectivity index (χ4v) is 5.52. The number of rotatable bonds is 0. The molecule has 0 amide bonds. The minimum Gasteiger partial charge on any atom is -1.00 e. The van der Waals surface area contributed by atoms with Crippen LogP contribution in [0.2, 0.25) is 0 Å². The zero-order valence-electron chi connectivity index (χ0n) is 13.5. The predicted octanol–water partition coefficient (Wildman–Crippen LogP) is -4.36. The van der Waals surface area contributed by atoms with Crippen LogP contribution in [0.15, 0.2) is 12.1 Å². The van der Waals surface area contributed by atoms with E-state index in [4.69, 9.17) is 4.74 Å². The van der Waals surface area contributed by atoms with E-state index in [1.165, 1.54) is 5.56 Å². The standard InChI is InChI=1S/C17H19NO3.ClH.Na/c1-18-7-6-17-10-3-5-13(20)16(17)21-15-12(19)4-2-9(14(15)17)8-11(10)18;;/h2,4,10-11,16,19H,3,5-8H2,1H3;1H;/q;;+1/p-1/t10-,11+,16-,17-;;/m0../s1. The molecule has 1 aromatic rings. The third-order valence-corrected chi connectivity index (χ3v) is 6.39. The summed E-state index contributed by atoms with van der Waals surface area (Å²) in [6.07, 6.45) is 3.18. The molecule has 0 aromatic heterocycles. The summed E-state index contributed by atoms with van der Waals surface area (Å²) in [4.78, 5) is 14.9. The number of ether oxygens (including phenoxy) is 1. The SMILES string of the molecule is CN1CC[C@]23c4c5ccc(O)c4O[C@H]2C(=O)CC[C@H]3[C@H]1C5.[Cl-].[Na+]. The van der Waals surface area contributed by atoms with Gasteiger partial charge in [-0.25, -0.2) is 0 Å². The molecule has 5 rings (SSSR count). The summed E-state index contributed by atoms with van der Waals surface area (Å²) in [5, 5.41) is 10.2. The number of hydrogen-bond donors (Lipinski definition) is 1. The molecule has 1 N–H and O–H groups in total. The Bertz CT molecular complexity index is 682. The first-order valence-electron chi connectivity index (χ1n) is 7.88. The van der Waals surface area contributed by atoms with Gasteiger partial charge in [0.25, 0.3) is 0 Å². The van der Waals surface area contributed by atoms with E-state index in [1.54, 1.807) is 6.07 Å². The second-order valence-electron chi connectivity index (χ2n) is 7.10. The molecule has 1 saturated carbocycles.